The topological polar surface area (TPSA) is 66.4 Å². The number of nitrogens with one attached hydrogen (secondary N) is 1. The minimum atomic E-state index is -0.868. The summed E-state index contributed by atoms with van der Waals surface area (Å²) in [6.45, 7) is 3.57. The van der Waals surface area contributed by atoms with Crippen LogP contribution in [0.5, 0.6) is 0 Å². The maximum atomic E-state index is 11.5. The Balaban J connectivity index is 2.45. The summed E-state index contributed by atoms with van der Waals surface area (Å²) in [5.74, 6) is 0.175. The number of hydrogen-bond donors (Lipinski definition) is 2. The van der Waals surface area contributed by atoms with Crippen molar-refractivity contribution in [2.75, 3.05) is 16.8 Å². The van der Waals surface area contributed by atoms with E-state index in [1.165, 1.54) is 11.8 Å². The molecule has 0 aliphatic heterocycles. The molecule has 4 nitrogen and oxygen atoms in total. The maximum Gasteiger partial charge on any atom is 0.307 e. The van der Waals surface area contributed by atoms with Crippen molar-refractivity contribution in [3.63, 3.8) is 0 Å². The van der Waals surface area contributed by atoms with Crippen LogP contribution in [0.25, 0.3) is 0 Å². The molecule has 1 aromatic rings. The second-order valence-corrected chi connectivity index (χ2v) is 4.65. The summed E-state index contributed by atoms with van der Waals surface area (Å²) >= 11 is 1.48. The number of hydrogen-bond acceptors (Lipinski definition) is 3. The Hall–Kier alpha value is -1.75. The fraction of sp³-hybridized carbons (Fsp3) is 0.231. The van der Waals surface area contributed by atoms with Crippen LogP contribution >= 0.6 is 11.8 Å². The quantitative estimate of drug-likeness (QED) is 0.585. The van der Waals surface area contributed by atoms with E-state index in [0.29, 0.717) is 17.0 Å². The summed E-state index contributed by atoms with van der Waals surface area (Å²) in [4.78, 5) is 22.0. The van der Waals surface area contributed by atoms with Crippen LogP contribution in [-0.2, 0) is 16.0 Å². The zero-order valence-corrected chi connectivity index (χ0v) is 10.7. The van der Waals surface area contributed by atoms with Gasteiger partial charge >= 0.3 is 5.97 Å². The van der Waals surface area contributed by atoms with E-state index >= 15 is 0 Å². The van der Waals surface area contributed by atoms with Crippen molar-refractivity contribution in [2.24, 2.45) is 0 Å². The molecule has 0 saturated heterocycles. The highest BCUT2D eigenvalue weighted by molar-refractivity contribution is 8.00. The predicted octanol–water partition coefficient (Wildman–Crippen LogP) is 2.17. The summed E-state index contributed by atoms with van der Waals surface area (Å²) in [6.07, 6.45) is 1.74. The first kappa shape index (κ1) is 14.3. The molecule has 1 amide bonds. The molecular formula is C13H15NO3S. The van der Waals surface area contributed by atoms with E-state index in [1.807, 2.05) is 0 Å². The summed E-state index contributed by atoms with van der Waals surface area (Å²) in [5, 5.41) is 11.4. The van der Waals surface area contributed by atoms with Crippen LogP contribution in [0.1, 0.15) is 5.56 Å². The Morgan fingerprint density at radius 2 is 2.00 bits per heavy atom. The van der Waals surface area contributed by atoms with Gasteiger partial charge in [0, 0.05) is 11.4 Å². The Kier molecular flexibility index (Phi) is 6.00. The van der Waals surface area contributed by atoms with E-state index in [4.69, 9.17) is 5.11 Å². The normalized spacial score (nSPS) is 9.78. The average Bonchev–Trinajstić information content (AvgIpc) is 2.31. The first-order valence-corrected chi connectivity index (χ1v) is 6.56. The van der Waals surface area contributed by atoms with Crippen molar-refractivity contribution in [1.29, 1.82) is 0 Å². The fourth-order valence-corrected chi connectivity index (χ4v) is 1.85. The highest BCUT2D eigenvalue weighted by atomic mass is 32.2. The molecule has 0 aromatic heterocycles. The lowest BCUT2D eigenvalue weighted by Crippen LogP contribution is -2.14. The SMILES string of the molecule is C=CCSCC(=O)Nc1ccc(CC(=O)O)cc1. The zero-order chi connectivity index (χ0) is 13.4. The van der Waals surface area contributed by atoms with E-state index in [9.17, 15) is 9.59 Å². The van der Waals surface area contributed by atoms with Gasteiger partial charge in [0.25, 0.3) is 0 Å². The lowest BCUT2D eigenvalue weighted by Gasteiger charge is -2.05. The van der Waals surface area contributed by atoms with Crippen LogP contribution in [0, 0.1) is 0 Å². The molecule has 18 heavy (non-hydrogen) atoms. The lowest BCUT2D eigenvalue weighted by atomic mass is 10.1. The van der Waals surface area contributed by atoms with Gasteiger partial charge in [-0.1, -0.05) is 18.2 Å². The number of benzene rings is 1. The Labute approximate surface area is 110 Å². The Bertz CT molecular complexity index is 428. The molecule has 0 bridgehead atoms. The molecule has 5 heteroatoms. The summed E-state index contributed by atoms with van der Waals surface area (Å²) in [5.41, 5.74) is 1.38. The van der Waals surface area contributed by atoms with Crippen molar-refractivity contribution in [1.82, 2.24) is 0 Å². The number of anilines is 1. The van der Waals surface area contributed by atoms with Crippen molar-refractivity contribution in [2.45, 2.75) is 6.42 Å². The molecule has 0 unspecified atom stereocenters. The standard InChI is InChI=1S/C13H15NO3S/c1-2-7-18-9-12(15)14-11-5-3-10(4-6-11)8-13(16)17/h2-6H,1,7-9H2,(H,14,15)(H,16,17). The second-order valence-electron chi connectivity index (χ2n) is 3.62. The van der Waals surface area contributed by atoms with E-state index in [2.05, 4.69) is 11.9 Å². The van der Waals surface area contributed by atoms with Crippen molar-refractivity contribution >= 4 is 29.3 Å². The summed E-state index contributed by atoms with van der Waals surface area (Å²) in [6, 6.07) is 6.80. The molecule has 0 aliphatic carbocycles. The number of amides is 1. The van der Waals surface area contributed by atoms with Crippen LogP contribution in [0.15, 0.2) is 36.9 Å². The molecule has 0 spiro atoms. The highest BCUT2D eigenvalue weighted by Crippen LogP contribution is 2.11. The van der Waals surface area contributed by atoms with Gasteiger partial charge in [0.2, 0.25) is 5.91 Å². The fourth-order valence-electron chi connectivity index (χ4n) is 1.31. The largest absolute Gasteiger partial charge is 0.481 e. The van der Waals surface area contributed by atoms with Crippen LogP contribution < -0.4 is 5.32 Å². The number of carbonyl (C=O) groups is 2. The third kappa shape index (κ3) is 5.54. The minimum Gasteiger partial charge on any atom is -0.481 e. The second kappa shape index (κ2) is 7.55. The molecule has 0 radical (unpaired) electrons. The molecule has 0 saturated carbocycles. The Morgan fingerprint density at radius 3 is 2.56 bits per heavy atom. The third-order valence-corrected chi connectivity index (χ3v) is 3.00. The smallest absolute Gasteiger partial charge is 0.307 e. The lowest BCUT2D eigenvalue weighted by molar-refractivity contribution is -0.136. The summed E-state index contributed by atoms with van der Waals surface area (Å²) < 4.78 is 0. The van der Waals surface area contributed by atoms with Gasteiger partial charge in [-0.15, -0.1) is 18.3 Å². The van der Waals surface area contributed by atoms with Crippen molar-refractivity contribution in [3.05, 3.63) is 42.5 Å². The zero-order valence-electron chi connectivity index (χ0n) is 9.89. The highest BCUT2D eigenvalue weighted by Gasteiger charge is 2.03. The van der Waals surface area contributed by atoms with Crippen LogP contribution in [0.4, 0.5) is 5.69 Å². The number of carbonyl (C=O) groups excluding carboxylic acids is 1. The molecule has 0 fully saturated rings. The molecule has 2 N–H and O–H groups in total. The molecule has 1 aromatic carbocycles. The minimum absolute atomic E-state index is 0.0105. The van der Waals surface area contributed by atoms with Crippen LogP contribution in [-0.4, -0.2) is 28.5 Å². The van der Waals surface area contributed by atoms with E-state index in [0.717, 1.165) is 5.75 Å². The average molecular weight is 265 g/mol. The molecule has 0 heterocycles. The van der Waals surface area contributed by atoms with Crippen molar-refractivity contribution in [3.8, 4) is 0 Å². The van der Waals surface area contributed by atoms with E-state index in [-0.39, 0.29) is 12.3 Å². The first-order chi connectivity index (χ1) is 8.61. The Morgan fingerprint density at radius 1 is 1.33 bits per heavy atom. The number of carboxylic acid groups (broad SMARTS) is 1. The van der Waals surface area contributed by atoms with Gasteiger partial charge in [-0.25, -0.2) is 0 Å². The molecular weight excluding hydrogens is 250 g/mol. The van der Waals surface area contributed by atoms with Gasteiger partial charge in [0.1, 0.15) is 0 Å². The molecule has 96 valence electrons. The van der Waals surface area contributed by atoms with Crippen LogP contribution in [0.3, 0.4) is 0 Å². The monoisotopic (exact) mass is 265 g/mol. The van der Waals surface area contributed by atoms with Gasteiger partial charge in [-0.3, -0.25) is 9.59 Å². The summed E-state index contributed by atoms with van der Waals surface area (Å²) in [7, 11) is 0. The number of carboxylic acids is 1. The molecule has 1 rings (SSSR count). The molecule has 0 aliphatic rings. The van der Waals surface area contributed by atoms with Gasteiger partial charge in [0.05, 0.1) is 12.2 Å². The molecule has 0 atom stereocenters. The maximum absolute atomic E-state index is 11.5. The number of aliphatic carboxylic acids is 1. The van der Waals surface area contributed by atoms with Gasteiger partial charge in [-0.2, -0.15) is 0 Å². The van der Waals surface area contributed by atoms with Crippen LogP contribution in [0.2, 0.25) is 0 Å². The number of thioether (sulfide) groups is 1. The van der Waals surface area contributed by atoms with Gasteiger partial charge < -0.3 is 10.4 Å². The van der Waals surface area contributed by atoms with E-state index in [1.54, 1.807) is 30.3 Å². The number of rotatable bonds is 7. The third-order valence-electron chi connectivity index (χ3n) is 2.06. The van der Waals surface area contributed by atoms with E-state index < -0.39 is 5.97 Å². The van der Waals surface area contributed by atoms with Crippen molar-refractivity contribution < 1.29 is 14.7 Å². The first-order valence-electron chi connectivity index (χ1n) is 5.41. The predicted molar refractivity (Wildman–Crippen MR) is 73.9 cm³/mol. The van der Waals surface area contributed by atoms with Gasteiger partial charge in [0.15, 0.2) is 0 Å². The van der Waals surface area contributed by atoms with Gasteiger partial charge in [-0.05, 0) is 17.7 Å².